The van der Waals surface area contributed by atoms with Gasteiger partial charge in [0, 0.05) is 51.7 Å². The Morgan fingerprint density at radius 1 is 0.646 bits per heavy atom. The number of hydrogen-bond acceptors (Lipinski definition) is 16. The smallest absolute Gasteiger partial charge is 0.410 e. The van der Waals surface area contributed by atoms with Gasteiger partial charge in [-0.3, -0.25) is 28.9 Å². The predicted octanol–water partition coefficient (Wildman–Crippen LogP) is 7.88. The van der Waals surface area contributed by atoms with E-state index in [1.807, 2.05) is 105 Å². The topological polar surface area (TPSA) is 225 Å². The van der Waals surface area contributed by atoms with Gasteiger partial charge >= 0.3 is 23.6 Å². The number of hydrogen-bond donors (Lipinski definition) is 1. The van der Waals surface area contributed by atoms with Crippen molar-refractivity contribution in [3.8, 4) is 23.1 Å². The minimum absolute atomic E-state index is 0.0166. The Morgan fingerprint density at radius 3 is 1.60 bits per heavy atom. The average Bonchev–Trinajstić information content (AvgIpc) is 3.92. The molecule has 1 N–H and O–H groups in total. The van der Waals surface area contributed by atoms with E-state index in [1.54, 1.807) is 41.2 Å². The summed E-state index contributed by atoms with van der Waals surface area (Å²) in [5.74, 6) is -1.60. The van der Waals surface area contributed by atoms with Gasteiger partial charge in [0.25, 0.3) is 5.56 Å². The van der Waals surface area contributed by atoms with E-state index in [1.165, 1.54) is 4.57 Å². The summed E-state index contributed by atoms with van der Waals surface area (Å²) in [5.41, 5.74) is 2.45. The molecule has 6 aromatic heterocycles. The molecule has 2 amide bonds. The van der Waals surface area contributed by atoms with Crippen LogP contribution >= 0.6 is 11.6 Å². The van der Waals surface area contributed by atoms with Crippen molar-refractivity contribution in [1.29, 1.82) is 0 Å². The van der Waals surface area contributed by atoms with E-state index in [0.29, 0.717) is 48.0 Å². The number of benzene rings is 2. The fourth-order valence-corrected chi connectivity index (χ4v) is 11.1. The van der Waals surface area contributed by atoms with Gasteiger partial charge in [-0.1, -0.05) is 100.0 Å². The highest BCUT2D eigenvalue weighted by Crippen LogP contribution is 2.41. The van der Waals surface area contributed by atoms with Gasteiger partial charge in [-0.2, -0.15) is 19.3 Å². The highest BCUT2D eigenvalue weighted by Gasteiger charge is 2.40. The number of ether oxygens (including phenoxy) is 4. The molecule has 0 unspecified atom stereocenters. The fourth-order valence-electron chi connectivity index (χ4n) is 10.9. The SMILES string of the molecule is Cc1ccnc(C(C)C)c1-n1c(=O)nc2c3c([nH]c(=O)c(F)c31)OC[C@@H]1CN(C(=O)OCc3ccccc3)CCN21.Cc1ccnc(C(C)C)c1-n1c(=O)nc2c3c(nc(Cl)c(F)c31)OC[C@@H]1CN(C(=O)OCc3ccccc3)CCN21. The summed E-state index contributed by atoms with van der Waals surface area (Å²) in [5, 5.41) is 0.00533. The van der Waals surface area contributed by atoms with Crippen LogP contribution in [0.5, 0.6) is 11.8 Å². The van der Waals surface area contributed by atoms with Crippen molar-refractivity contribution < 1.29 is 37.3 Å². The molecule has 8 aromatic rings. The summed E-state index contributed by atoms with van der Waals surface area (Å²) in [6.45, 7) is 13.5. The standard InChI is InChI=1S/C29H28ClFN6O4.C29H29FN6O5/c1-16(2)22-23(17(3)9-10-32-22)37-24-20-26(34-28(37)38)36-12-11-35(29(39)41-14-18-7-5-4-6-8-18)13-19(36)15-40-27(20)33-25(30)21(24)31;1-16(2)22-23(17(3)9-10-31-22)36-24-20-25(32-28(36)38)35-12-11-34(29(39)41-14-18-7-5-4-6-8-18)13-19(35)15-40-27(20)33-26(37)21(24)30/h4-10,16,19H,11-15H2,1-3H3;4-10,16,19H,11-15H2,1-3H3,(H,33,37)/t2*19-/m00/s1. The number of carbonyl (C=O) groups excluding carboxylic acids is 2. The molecule has 10 heterocycles. The molecule has 24 heteroatoms. The summed E-state index contributed by atoms with van der Waals surface area (Å²) in [6.07, 6.45) is 2.36. The lowest BCUT2D eigenvalue weighted by Gasteiger charge is -2.40. The summed E-state index contributed by atoms with van der Waals surface area (Å²) in [7, 11) is 0. The molecule has 2 fully saturated rings. The zero-order valence-electron chi connectivity index (χ0n) is 45.7. The number of nitrogens with zero attached hydrogens (tertiary/aromatic N) is 11. The highest BCUT2D eigenvalue weighted by atomic mass is 35.5. The first kappa shape index (κ1) is 54.9. The third-order valence-electron chi connectivity index (χ3n) is 14.9. The van der Waals surface area contributed by atoms with Crippen molar-refractivity contribution >= 4 is 57.2 Å². The van der Waals surface area contributed by atoms with Gasteiger partial charge in [-0.25, -0.2) is 23.6 Å². The van der Waals surface area contributed by atoms with Crippen molar-refractivity contribution in [2.45, 2.75) is 78.7 Å². The molecule has 0 spiro atoms. The van der Waals surface area contributed by atoms with E-state index >= 15 is 8.78 Å². The largest absolute Gasteiger partial charge is 0.476 e. The molecule has 0 radical (unpaired) electrons. The van der Waals surface area contributed by atoms with Crippen molar-refractivity contribution in [2.75, 3.05) is 62.3 Å². The van der Waals surface area contributed by atoms with E-state index in [4.69, 9.17) is 30.5 Å². The summed E-state index contributed by atoms with van der Waals surface area (Å²) in [6, 6.07) is 21.5. The summed E-state index contributed by atoms with van der Waals surface area (Å²) in [4.78, 5) is 97.3. The lowest BCUT2D eigenvalue weighted by molar-refractivity contribution is 0.0844. The number of aryl methyl sites for hydroxylation is 2. The number of carbonyl (C=O) groups is 2. The number of fused-ring (bicyclic) bond motifs is 4. The predicted molar refractivity (Wildman–Crippen MR) is 301 cm³/mol. The number of aromatic nitrogens is 8. The molecule has 2 saturated heterocycles. The molecule has 0 bridgehead atoms. The monoisotopic (exact) mass is 1140 g/mol. The lowest BCUT2D eigenvalue weighted by Crippen LogP contribution is -2.57. The maximum absolute atomic E-state index is 15.9. The molecule has 82 heavy (non-hydrogen) atoms. The number of nitrogens with one attached hydrogen (secondary N) is 1. The van der Waals surface area contributed by atoms with Crippen LogP contribution in [0.15, 0.2) is 99.6 Å². The minimum atomic E-state index is -1.12. The van der Waals surface area contributed by atoms with Crippen LogP contribution in [0.4, 0.5) is 30.0 Å². The van der Waals surface area contributed by atoms with E-state index in [2.05, 4.69) is 29.9 Å². The molecule has 0 saturated carbocycles. The van der Waals surface area contributed by atoms with Crippen LogP contribution in [-0.2, 0) is 22.7 Å². The van der Waals surface area contributed by atoms with E-state index in [-0.39, 0.29) is 109 Å². The number of H-pyrrole nitrogens is 1. The number of halogens is 3. The Balaban J connectivity index is 0.000000172. The molecule has 2 aromatic carbocycles. The van der Waals surface area contributed by atoms with Crippen LogP contribution in [0.25, 0.3) is 33.2 Å². The Hall–Kier alpha value is -8.99. The molecule has 21 nitrogen and oxygen atoms in total. The molecule has 4 aliphatic heterocycles. The summed E-state index contributed by atoms with van der Waals surface area (Å²) < 4.78 is 57.1. The maximum Gasteiger partial charge on any atom is 0.410 e. The second kappa shape index (κ2) is 22.5. The molecular formula is C58H57ClF2N12O9. The van der Waals surface area contributed by atoms with Gasteiger partial charge in [0.05, 0.1) is 34.8 Å². The van der Waals surface area contributed by atoms with E-state index in [0.717, 1.165) is 21.3 Å². The average molecular weight is 1140 g/mol. The maximum atomic E-state index is 15.9. The number of piperazine rings is 2. The molecule has 4 aliphatic rings. The first-order valence-electron chi connectivity index (χ1n) is 26.8. The van der Waals surface area contributed by atoms with Crippen molar-refractivity contribution in [1.82, 2.24) is 48.8 Å². The number of aromatic amines is 1. The van der Waals surface area contributed by atoms with Crippen molar-refractivity contribution in [2.24, 2.45) is 0 Å². The molecule has 2 atom stereocenters. The lowest BCUT2D eigenvalue weighted by atomic mass is 10.0. The number of anilines is 2. The van der Waals surface area contributed by atoms with Crippen LogP contribution < -0.4 is 36.2 Å². The van der Waals surface area contributed by atoms with Crippen LogP contribution in [0.2, 0.25) is 5.15 Å². The molecule has 12 rings (SSSR count). The van der Waals surface area contributed by atoms with Crippen molar-refractivity contribution in [3.05, 3.63) is 167 Å². The van der Waals surface area contributed by atoms with E-state index in [9.17, 15) is 24.0 Å². The van der Waals surface area contributed by atoms with Crippen LogP contribution in [0.3, 0.4) is 0 Å². The Kier molecular flexibility index (Phi) is 15.1. The molecular weight excluding hydrogens is 1080 g/mol. The van der Waals surface area contributed by atoms with Gasteiger partial charge in [0.15, 0.2) is 11.0 Å². The third-order valence-corrected chi connectivity index (χ3v) is 15.2. The van der Waals surface area contributed by atoms with Gasteiger partial charge in [-0.15, -0.1) is 0 Å². The number of pyridine rings is 4. The quantitative estimate of drug-likeness (QED) is 0.143. The highest BCUT2D eigenvalue weighted by molar-refractivity contribution is 6.30. The van der Waals surface area contributed by atoms with Gasteiger partial charge in [0.2, 0.25) is 17.6 Å². The number of amides is 2. The Morgan fingerprint density at radius 2 is 1.11 bits per heavy atom. The molecule has 0 aliphatic carbocycles. The minimum Gasteiger partial charge on any atom is -0.476 e. The first-order chi connectivity index (χ1) is 39.5. The first-order valence-corrected chi connectivity index (χ1v) is 27.2. The van der Waals surface area contributed by atoms with E-state index < -0.39 is 52.0 Å². The van der Waals surface area contributed by atoms with Gasteiger partial charge < -0.3 is 38.5 Å². The fraction of sp³-hybridized carbons (Fsp3) is 0.345. The molecule has 424 valence electrons. The van der Waals surface area contributed by atoms with Crippen LogP contribution in [0, 0.1) is 25.5 Å². The van der Waals surface area contributed by atoms with Crippen molar-refractivity contribution in [3.63, 3.8) is 0 Å². The second-order valence-electron chi connectivity index (χ2n) is 21.0. The number of rotatable bonds is 8. The third kappa shape index (κ3) is 10.2. The Bertz CT molecular complexity index is 4000. The van der Waals surface area contributed by atoms with Gasteiger partial charge in [-0.05, 0) is 60.1 Å². The van der Waals surface area contributed by atoms with Crippen LogP contribution in [0.1, 0.15) is 73.2 Å². The normalized spacial score (nSPS) is 16.4. The van der Waals surface area contributed by atoms with Gasteiger partial charge in [0.1, 0.15) is 59.9 Å². The zero-order valence-corrected chi connectivity index (χ0v) is 46.4. The Labute approximate surface area is 472 Å². The second-order valence-corrected chi connectivity index (χ2v) is 21.4. The zero-order chi connectivity index (χ0) is 57.7. The summed E-state index contributed by atoms with van der Waals surface area (Å²) >= 11 is 6.26. The van der Waals surface area contributed by atoms with Crippen LogP contribution in [-0.4, -0.2) is 126 Å².